The van der Waals surface area contributed by atoms with Crippen molar-refractivity contribution >= 4 is 17.1 Å². The van der Waals surface area contributed by atoms with Gasteiger partial charge >= 0.3 is 0 Å². The fraction of sp³-hybridized carbons (Fsp3) is 0.692. The first-order valence-corrected chi connectivity index (χ1v) is 7.15. The Hall–Kier alpha value is -0.740. The highest BCUT2D eigenvalue weighted by Gasteiger charge is 2.39. The van der Waals surface area contributed by atoms with Crippen LogP contribution in [0.5, 0.6) is 0 Å². The van der Waals surface area contributed by atoms with E-state index < -0.39 is 0 Å². The quantitative estimate of drug-likeness (QED) is 0.895. The van der Waals surface area contributed by atoms with Crippen molar-refractivity contribution in [2.45, 2.75) is 39.0 Å². The molecular weight excluding hydrogens is 232 g/mol. The van der Waals surface area contributed by atoms with Crippen LogP contribution in [0.4, 0.5) is 0 Å². The molecule has 1 heterocycles. The van der Waals surface area contributed by atoms with Gasteiger partial charge in [0.05, 0.1) is 5.51 Å². The fourth-order valence-electron chi connectivity index (χ4n) is 2.59. The lowest BCUT2D eigenvalue weighted by Gasteiger charge is -2.37. The summed E-state index contributed by atoms with van der Waals surface area (Å²) in [6.07, 6.45) is 6.48. The topological polar surface area (TPSA) is 56.0 Å². The van der Waals surface area contributed by atoms with Crippen LogP contribution in [0.25, 0.3) is 0 Å². The maximum Gasteiger partial charge on any atom is 0.145 e. The highest BCUT2D eigenvalue weighted by Crippen LogP contribution is 2.39. The summed E-state index contributed by atoms with van der Waals surface area (Å²) in [5.41, 5.74) is 7.41. The number of nitrogens with zero attached hydrogens (tertiary/aromatic N) is 1. The third-order valence-corrected chi connectivity index (χ3v) is 4.81. The molecule has 1 aliphatic rings. The van der Waals surface area contributed by atoms with Crippen LogP contribution in [0.3, 0.4) is 0 Å². The summed E-state index contributed by atoms with van der Waals surface area (Å²) < 4.78 is 0. The number of thiazole rings is 1. The van der Waals surface area contributed by atoms with Gasteiger partial charge in [-0.3, -0.25) is 9.78 Å². The number of hydrogen-bond acceptors (Lipinski definition) is 4. The van der Waals surface area contributed by atoms with E-state index in [1.807, 2.05) is 0 Å². The minimum Gasteiger partial charge on any atom is -0.329 e. The summed E-state index contributed by atoms with van der Waals surface area (Å²) in [7, 11) is 0. The van der Waals surface area contributed by atoms with Gasteiger partial charge in [0.15, 0.2) is 0 Å². The number of carbonyl (C=O) groups excluding carboxylic acids is 1. The molecular formula is C13H20N2OS. The molecule has 0 aliphatic heterocycles. The van der Waals surface area contributed by atoms with Crippen LogP contribution in [0.15, 0.2) is 11.7 Å². The summed E-state index contributed by atoms with van der Waals surface area (Å²) in [6, 6.07) is 0. The molecule has 1 saturated carbocycles. The Morgan fingerprint density at radius 3 is 2.82 bits per heavy atom. The number of rotatable bonds is 4. The van der Waals surface area contributed by atoms with Crippen molar-refractivity contribution < 1.29 is 4.79 Å². The van der Waals surface area contributed by atoms with E-state index in [4.69, 9.17) is 5.73 Å². The monoisotopic (exact) mass is 252 g/mol. The number of Topliss-reactive ketones (excluding diaryl/α,β-unsaturated/α-hetero) is 1. The van der Waals surface area contributed by atoms with Crippen molar-refractivity contribution in [1.82, 2.24) is 4.98 Å². The molecule has 0 amide bonds. The molecule has 4 heteroatoms. The average Bonchev–Trinajstić information content (AvgIpc) is 2.83. The van der Waals surface area contributed by atoms with Gasteiger partial charge in [0.2, 0.25) is 0 Å². The van der Waals surface area contributed by atoms with E-state index in [-0.39, 0.29) is 5.41 Å². The maximum absolute atomic E-state index is 12.4. The number of carbonyl (C=O) groups is 1. The Bertz CT molecular complexity index is 367. The van der Waals surface area contributed by atoms with Gasteiger partial charge in [0, 0.05) is 29.5 Å². The fourth-order valence-corrected chi connectivity index (χ4v) is 3.18. The normalized spacial score (nSPS) is 29.2. The van der Waals surface area contributed by atoms with E-state index in [0.717, 1.165) is 36.5 Å². The van der Waals surface area contributed by atoms with Gasteiger partial charge < -0.3 is 5.73 Å². The molecule has 2 N–H and O–H groups in total. The lowest BCUT2D eigenvalue weighted by Crippen LogP contribution is -2.42. The summed E-state index contributed by atoms with van der Waals surface area (Å²) >= 11 is 1.55. The summed E-state index contributed by atoms with van der Waals surface area (Å²) in [6.45, 7) is 2.76. The zero-order valence-corrected chi connectivity index (χ0v) is 11.1. The molecule has 1 aromatic heterocycles. The molecule has 0 aromatic carbocycles. The lowest BCUT2D eigenvalue weighted by molar-refractivity contribution is -0.129. The number of aromatic nitrogens is 1. The first-order valence-electron chi connectivity index (χ1n) is 6.27. The predicted octanol–water partition coefficient (Wildman–Crippen LogP) is 2.41. The van der Waals surface area contributed by atoms with Crippen molar-refractivity contribution in [3.63, 3.8) is 0 Å². The highest BCUT2D eigenvalue weighted by molar-refractivity contribution is 7.09. The Morgan fingerprint density at radius 2 is 2.29 bits per heavy atom. The van der Waals surface area contributed by atoms with Crippen LogP contribution in [0.2, 0.25) is 0 Å². The molecule has 1 fully saturated rings. The molecule has 1 aliphatic carbocycles. The SMILES string of the molecule is CC1CCC(CN)(C(=O)Cc2cncs2)CC1. The van der Waals surface area contributed by atoms with Gasteiger partial charge in [-0.2, -0.15) is 0 Å². The Labute approximate surface area is 106 Å². The molecule has 94 valence electrons. The first kappa shape index (κ1) is 12.7. The Kier molecular flexibility index (Phi) is 3.94. The lowest BCUT2D eigenvalue weighted by atomic mass is 9.67. The second kappa shape index (κ2) is 5.27. The van der Waals surface area contributed by atoms with E-state index in [9.17, 15) is 4.79 Å². The van der Waals surface area contributed by atoms with Gasteiger partial charge in [-0.1, -0.05) is 6.92 Å². The number of hydrogen-bond donors (Lipinski definition) is 1. The second-order valence-corrected chi connectivity index (χ2v) is 6.21. The number of nitrogens with two attached hydrogens (primary N) is 1. The molecule has 0 unspecified atom stereocenters. The van der Waals surface area contributed by atoms with Gasteiger partial charge in [0.1, 0.15) is 5.78 Å². The van der Waals surface area contributed by atoms with Crippen LogP contribution in [0, 0.1) is 11.3 Å². The minimum atomic E-state index is -0.253. The van der Waals surface area contributed by atoms with Crippen molar-refractivity contribution in [1.29, 1.82) is 0 Å². The van der Waals surface area contributed by atoms with E-state index >= 15 is 0 Å². The van der Waals surface area contributed by atoms with E-state index in [1.54, 1.807) is 23.0 Å². The summed E-state index contributed by atoms with van der Waals surface area (Å²) in [5, 5.41) is 0. The molecule has 17 heavy (non-hydrogen) atoms. The van der Waals surface area contributed by atoms with Crippen molar-refractivity contribution in [2.24, 2.45) is 17.1 Å². The van der Waals surface area contributed by atoms with Gasteiger partial charge in [-0.25, -0.2) is 0 Å². The van der Waals surface area contributed by atoms with E-state index in [0.29, 0.717) is 18.7 Å². The smallest absolute Gasteiger partial charge is 0.145 e. The van der Waals surface area contributed by atoms with Crippen LogP contribution in [-0.2, 0) is 11.2 Å². The Balaban J connectivity index is 2.05. The maximum atomic E-state index is 12.4. The first-order chi connectivity index (χ1) is 8.16. The van der Waals surface area contributed by atoms with Gasteiger partial charge in [0.25, 0.3) is 0 Å². The van der Waals surface area contributed by atoms with Gasteiger partial charge in [-0.05, 0) is 31.6 Å². The highest BCUT2D eigenvalue weighted by atomic mass is 32.1. The molecule has 0 bridgehead atoms. The third-order valence-electron chi connectivity index (χ3n) is 4.03. The van der Waals surface area contributed by atoms with Crippen molar-refractivity contribution in [2.75, 3.05) is 6.54 Å². The number of ketones is 1. The van der Waals surface area contributed by atoms with Crippen molar-refractivity contribution in [3.8, 4) is 0 Å². The van der Waals surface area contributed by atoms with Crippen LogP contribution in [0.1, 0.15) is 37.5 Å². The van der Waals surface area contributed by atoms with Crippen LogP contribution >= 0.6 is 11.3 Å². The molecule has 3 nitrogen and oxygen atoms in total. The minimum absolute atomic E-state index is 0.253. The van der Waals surface area contributed by atoms with E-state index in [1.165, 1.54) is 0 Å². The second-order valence-electron chi connectivity index (χ2n) is 5.23. The molecule has 0 saturated heterocycles. The molecule has 0 radical (unpaired) electrons. The summed E-state index contributed by atoms with van der Waals surface area (Å²) in [4.78, 5) is 17.5. The zero-order valence-electron chi connectivity index (χ0n) is 10.3. The van der Waals surface area contributed by atoms with E-state index in [2.05, 4.69) is 11.9 Å². The predicted molar refractivity (Wildman–Crippen MR) is 69.9 cm³/mol. The average molecular weight is 252 g/mol. The summed E-state index contributed by atoms with van der Waals surface area (Å²) in [5.74, 6) is 1.06. The molecule has 0 spiro atoms. The molecule has 0 atom stereocenters. The standard InChI is InChI=1S/C13H20N2OS/c1-10-2-4-13(8-14,5-3-10)12(16)6-11-7-15-9-17-11/h7,9-10H,2-6,8,14H2,1H3. The Morgan fingerprint density at radius 1 is 1.59 bits per heavy atom. The van der Waals surface area contributed by atoms with Gasteiger partial charge in [-0.15, -0.1) is 11.3 Å². The molecule has 1 aromatic rings. The third kappa shape index (κ3) is 2.75. The zero-order chi connectivity index (χ0) is 12.3. The van der Waals surface area contributed by atoms with Crippen LogP contribution < -0.4 is 5.73 Å². The van der Waals surface area contributed by atoms with Crippen molar-refractivity contribution in [3.05, 3.63) is 16.6 Å². The molecule has 2 rings (SSSR count). The van der Waals surface area contributed by atoms with Crippen LogP contribution in [-0.4, -0.2) is 17.3 Å². The largest absolute Gasteiger partial charge is 0.329 e.